The van der Waals surface area contributed by atoms with Crippen LogP contribution in [0.4, 0.5) is 5.69 Å². The second-order valence-electron chi connectivity index (χ2n) is 6.32. The summed E-state index contributed by atoms with van der Waals surface area (Å²) in [6.07, 6.45) is 3.45. The van der Waals surface area contributed by atoms with Crippen LogP contribution in [0.3, 0.4) is 0 Å². The lowest BCUT2D eigenvalue weighted by Gasteiger charge is -2.30. The number of rotatable bonds is 3. The first kappa shape index (κ1) is 17.9. The molecule has 26 heavy (non-hydrogen) atoms. The maximum atomic E-state index is 9.93. The Morgan fingerprint density at radius 1 is 1.12 bits per heavy atom. The third-order valence-electron chi connectivity index (χ3n) is 4.99. The molecule has 0 amide bonds. The van der Waals surface area contributed by atoms with Gasteiger partial charge in [0, 0.05) is 30.2 Å². The van der Waals surface area contributed by atoms with Gasteiger partial charge in [0.15, 0.2) is 0 Å². The van der Waals surface area contributed by atoms with Crippen molar-refractivity contribution in [3.63, 3.8) is 0 Å². The van der Waals surface area contributed by atoms with E-state index >= 15 is 0 Å². The summed E-state index contributed by atoms with van der Waals surface area (Å²) in [5.41, 5.74) is 4.68. The van der Waals surface area contributed by atoms with Crippen LogP contribution in [0.1, 0.15) is 44.7 Å². The average Bonchev–Trinajstić information content (AvgIpc) is 2.95. The van der Waals surface area contributed by atoms with E-state index in [1.807, 2.05) is 39.1 Å². The number of benzene rings is 2. The highest BCUT2D eigenvalue weighted by Crippen LogP contribution is 2.43. The topological polar surface area (TPSA) is 61.0 Å². The van der Waals surface area contributed by atoms with Crippen LogP contribution >= 0.6 is 0 Å². The van der Waals surface area contributed by atoms with Gasteiger partial charge in [-0.3, -0.25) is 0 Å². The molecule has 2 aromatic carbocycles. The fraction of sp³-hybridized carbons (Fsp3) is 0.318. The second kappa shape index (κ2) is 7.53. The summed E-state index contributed by atoms with van der Waals surface area (Å²) >= 11 is 0. The molecule has 0 spiro atoms. The van der Waals surface area contributed by atoms with Gasteiger partial charge in [0.2, 0.25) is 0 Å². The molecule has 0 bridgehead atoms. The minimum Gasteiger partial charge on any atom is -0.508 e. The molecule has 4 rings (SSSR count). The SMILES string of the molecule is CC.CNc1ccc(-c2c(C#N)c3ccc(O)cc3n2C2CCC2)cc1. The number of aromatic hydroxyl groups is 1. The first-order valence-corrected chi connectivity index (χ1v) is 9.28. The molecule has 4 heteroatoms. The Bertz CT molecular complexity index is 944. The highest BCUT2D eigenvalue weighted by molar-refractivity contribution is 5.95. The molecule has 3 aromatic rings. The first-order valence-electron chi connectivity index (χ1n) is 9.28. The Hall–Kier alpha value is -2.93. The lowest BCUT2D eigenvalue weighted by atomic mass is 9.92. The van der Waals surface area contributed by atoms with Gasteiger partial charge in [-0.15, -0.1) is 0 Å². The van der Waals surface area contributed by atoms with E-state index in [0.717, 1.165) is 40.7 Å². The minimum absolute atomic E-state index is 0.238. The van der Waals surface area contributed by atoms with Crippen molar-refractivity contribution in [2.24, 2.45) is 0 Å². The van der Waals surface area contributed by atoms with E-state index in [1.165, 1.54) is 6.42 Å². The molecule has 0 saturated heterocycles. The zero-order valence-corrected chi connectivity index (χ0v) is 15.6. The van der Waals surface area contributed by atoms with Crippen LogP contribution in [0.2, 0.25) is 0 Å². The van der Waals surface area contributed by atoms with Crippen molar-refractivity contribution < 1.29 is 5.11 Å². The maximum Gasteiger partial charge on any atom is 0.117 e. The van der Waals surface area contributed by atoms with E-state index in [2.05, 4.69) is 28.1 Å². The Morgan fingerprint density at radius 2 is 1.81 bits per heavy atom. The number of nitriles is 1. The minimum atomic E-state index is 0.238. The summed E-state index contributed by atoms with van der Waals surface area (Å²) in [7, 11) is 1.89. The Morgan fingerprint density at radius 3 is 2.35 bits per heavy atom. The monoisotopic (exact) mass is 347 g/mol. The van der Waals surface area contributed by atoms with Gasteiger partial charge in [0.05, 0.1) is 16.8 Å². The van der Waals surface area contributed by atoms with Gasteiger partial charge in [0.25, 0.3) is 0 Å². The molecule has 1 aliphatic carbocycles. The van der Waals surface area contributed by atoms with Crippen LogP contribution in [0.5, 0.6) is 5.75 Å². The van der Waals surface area contributed by atoms with Gasteiger partial charge in [-0.25, -0.2) is 0 Å². The van der Waals surface area contributed by atoms with Crippen molar-refractivity contribution in [2.75, 3.05) is 12.4 Å². The molecule has 0 atom stereocenters. The zero-order valence-electron chi connectivity index (χ0n) is 15.6. The average molecular weight is 347 g/mol. The van der Waals surface area contributed by atoms with Gasteiger partial charge in [-0.2, -0.15) is 5.26 Å². The number of nitrogens with one attached hydrogen (secondary N) is 1. The number of anilines is 1. The molecule has 1 aromatic heterocycles. The summed E-state index contributed by atoms with van der Waals surface area (Å²) in [6.45, 7) is 4.00. The molecule has 1 fully saturated rings. The van der Waals surface area contributed by atoms with E-state index in [4.69, 9.17) is 0 Å². The van der Waals surface area contributed by atoms with Crippen molar-refractivity contribution in [1.82, 2.24) is 4.57 Å². The summed E-state index contributed by atoms with van der Waals surface area (Å²) < 4.78 is 2.26. The third-order valence-corrected chi connectivity index (χ3v) is 4.99. The molecule has 4 nitrogen and oxygen atoms in total. The number of phenols is 1. The van der Waals surface area contributed by atoms with Crippen LogP contribution in [-0.4, -0.2) is 16.7 Å². The summed E-state index contributed by atoms with van der Waals surface area (Å²) in [5, 5.41) is 23.8. The third kappa shape index (κ3) is 2.90. The molecule has 1 saturated carbocycles. The molecule has 134 valence electrons. The molecule has 2 N–H and O–H groups in total. The van der Waals surface area contributed by atoms with E-state index in [-0.39, 0.29) is 5.75 Å². The van der Waals surface area contributed by atoms with Crippen molar-refractivity contribution in [3.05, 3.63) is 48.0 Å². The van der Waals surface area contributed by atoms with Gasteiger partial charge in [-0.05, 0) is 49.1 Å². The van der Waals surface area contributed by atoms with Crippen LogP contribution in [0, 0.1) is 11.3 Å². The molecule has 0 radical (unpaired) electrons. The summed E-state index contributed by atoms with van der Waals surface area (Å²) in [4.78, 5) is 0. The lowest BCUT2D eigenvalue weighted by Crippen LogP contribution is -2.17. The van der Waals surface area contributed by atoms with Crippen molar-refractivity contribution in [2.45, 2.75) is 39.2 Å². The lowest BCUT2D eigenvalue weighted by molar-refractivity contribution is 0.324. The molecule has 1 aliphatic rings. The number of nitrogens with zero attached hydrogens (tertiary/aromatic N) is 2. The molecular formula is C22H25N3O. The number of phenolic OH excluding ortho intramolecular Hbond substituents is 1. The second-order valence-corrected chi connectivity index (χ2v) is 6.32. The molecular weight excluding hydrogens is 322 g/mol. The van der Waals surface area contributed by atoms with Gasteiger partial charge >= 0.3 is 0 Å². The largest absolute Gasteiger partial charge is 0.508 e. The summed E-state index contributed by atoms with van der Waals surface area (Å²) in [6, 6.07) is 16.2. The van der Waals surface area contributed by atoms with Crippen molar-refractivity contribution in [1.29, 1.82) is 5.26 Å². The predicted molar refractivity (Wildman–Crippen MR) is 108 cm³/mol. The smallest absolute Gasteiger partial charge is 0.117 e. The highest BCUT2D eigenvalue weighted by atomic mass is 16.3. The Labute approximate surface area is 154 Å². The van der Waals surface area contributed by atoms with E-state index in [1.54, 1.807) is 12.1 Å². The van der Waals surface area contributed by atoms with Crippen LogP contribution < -0.4 is 5.32 Å². The van der Waals surface area contributed by atoms with Gasteiger partial charge in [-0.1, -0.05) is 26.0 Å². The first-order chi connectivity index (χ1) is 12.7. The number of hydrogen-bond acceptors (Lipinski definition) is 3. The Balaban J connectivity index is 0.000000948. The molecule has 0 unspecified atom stereocenters. The predicted octanol–water partition coefficient (Wildman–Crippen LogP) is 5.68. The van der Waals surface area contributed by atoms with Gasteiger partial charge in [0.1, 0.15) is 11.8 Å². The molecule has 0 aliphatic heterocycles. The van der Waals surface area contributed by atoms with E-state index < -0.39 is 0 Å². The standard InChI is InChI=1S/C20H19N3O.C2H6/c1-22-14-7-5-13(6-8-14)20-18(12-21)17-10-9-16(24)11-19(17)23(20)15-3-2-4-15;1-2/h5-11,15,22,24H,2-4H2,1H3;1-2H3. The van der Waals surface area contributed by atoms with E-state index in [0.29, 0.717) is 11.6 Å². The van der Waals surface area contributed by atoms with Crippen LogP contribution in [0.25, 0.3) is 22.2 Å². The Kier molecular flexibility index (Phi) is 5.18. The number of hydrogen-bond donors (Lipinski definition) is 2. The van der Waals surface area contributed by atoms with Crippen LogP contribution in [0.15, 0.2) is 42.5 Å². The quantitative estimate of drug-likeness (QED) is 0.641. The fourth-order valence-electron chi connectivity index (χ4n) is 3.51. The number of aromatic nitrogens is 1. The highest BCUT2D eigenvalue weighted by Gasteiger charge is 2.27. The summed E-state index contributed by atoms with van der Waals surface area (Å²) in [5.74, 6) is 0.238. The van der Waals surface area contributed by atoms with Crippen molar-refractivity contribution in [3.8, 4) is 23.1 Å². The number of fused-ring (bicyclic) bond motifs is 1. The normalized spacial score (nSPS) is 13.5. The van der Waals surface area contributed by atoms with Crippen LogP contribution in [-0.2, 0) is 0 Å². The maximum absolute atomic E-state index is 9.93. The van der Waals surface area contributed by atoms with Crippen molar-refractivity contribution >= 4 is 16.6 Å². The molecule has 1 heterocycles. The zero-order chi connectivity index (χ0) is 18.7. The van der Waals surface area contributed by atoms with Gasteiger partial charge < -0.3 is 15.0 Å². The fourth-order valence-corrected chi connectivity index (χ4v) is 3.51. The van der Waals surface area contributed by atoms with E-state index in [9.17, 15) is 10.4 Å².